The highest BCUT2D eigenvalue weighted by Gasteiger charge is 2.33. The minimum Gasteiger partial charge on any atom is -0.497 e. The largest absolute Gasteiger partial charge is 0.497 e. The number of nitriles is 1. The van der Waals surface area contributed by atoms with Crippen molar-refractivity contribution in [1.82, 2.24) is 4.57 Å². The van der Waals surface area contributed by atoms with Crippen LogP contribution in [0, 0.1) is 11.3 Å². The number of carbonyl (C=O) groups is 1. The number of allylic oxidation sites excluding steroid dienone is 1. The summed E-state index contributed by atoms with van der Waals surface area (Å²) in [6, 6.07) is 21.4. The Hall–Kier alpha value is -5.14. The number of methoxy groups -OCH3 is 1. The maximum atomic E-state index is 14.0. The van der Waals surface area contributed by atoms with Crippen LogP contribution in [-0.4, -0.2) is 30.4 Å². The first kappa shape index (κ1) is 31.3. The Labute approximate surface area is 264 Å². The smallest absolute Gasteiger partial charge is 0.338 e. The lowest BCUT2D eigenvalue weighted by molar-refractivity contribution is -0.143. The zero-order valence-electron chi connectivity index (χ0n) is 25.7. The van der Waals surface area contributed by atoms with Gasteiger partial charge in [0.05, 0.1) is 53.3 Å². The van der Waals surface area contributed by atoms with Crippen molar-refractivity contribution in [3.63, 3.8) is 0 Å². The predicted molar refractivity (Wildman–Crippen MR) is 171 cm³/mol. The van der Waals surface area contributed by atoms with Crippen LogP contribution < -0.4 is 29.1 Å². The van der Waals surface area contributed by atoms with E-state index in [4.69, 9.17) is 18.9 Å². The Morgan fingerprint density at radius 2 is 1.84 bits per heavy atom. The van der Waals surface area contributed by atoms with E-state index in [0.717, 1.165) is 16.7 Å². The lowest BCUT2D eigenvalue weighted by atomic mass is 9.96. The summed E-state index contributed by atoms with van der Waals surface area (Å²) in [5, 5.41) is 9.41. The third kappa shape index (κ3) is 6.69. The molecule has 0 amide bonds. The van der Waals surface area contributed by atoms with E-state index in [1.54, 1.807) is 62.8 Å². The molecule has 0 fully saturated rings. The van der Waals surface area contributed by atoms with Crippen molar-refractivity contribution in [2.75, 3.05) is 13.7 Å². The van der Waals surface area contributed by atoms with Crippen LogP contribution in [-0.2, 0) is 16.1 Å². The molecule has 1 aliphatic heterocycles. The summed E-state index contributed by atoms with van der Waals surface area (Å²) in [4.78, 5) is 32.5. The summed E-state index contributed by atoms with van der Waals surface area (Å²) < 4.78 is 24.8. The van der Waals surface area contributed by atoms with Gasteiger partial charge in [0, 0.05) is 5.56 Å². The van der Waals surface area contributed by atoms with Gasteiger partial charge < -0.3 is 18.9 Å². The molecule has 45 heavy (non-hydrogen) atoms. The fraction of sp³-hybridized carbons (Fsp3) is 0.257. The molecule has 5 rings (SSSR count). The van der Waals surface area contributed by atoms with E-state index in [1.165, 1.54) is 11.3 Å². The molecule has 0 aliphatic carbocycles. The van der Waals surface area contributed by atoms with Gasteiger partial charge in [0.25, 0.3) is 5.56 Å². The van der Waals surface area contributed by atoms with Gasteiger partial charge in [0.2, 0.25) is 0 Å². The lowest BCUT2D eigenvalue weighted by Crippen LogP contribution is -2.40. The Morgan fingerprint density at radius 3 is 2.53 bits per heavy atom. The monoisotopic (exact) mass is 623 g/mol. The van der Waals surface area contributed by atoms with Crippen LogP contribution in [0.15, 0.2) is 87.8 Å². The average Bonchev–Trinajstić information content (AvgIpc) is 3.33. The van der Waals surface area contributed by atoms with Crippen LogP contribution >= 0.6 is 11.3 Å². The fourth-order valence-electron chi connectivity index (χ4n) is 5.03. The Bertz CT molecular complexity index is 1980. The quantitative estimate of drug-likeness (QED) is 0.228. The van der Waals surface area contributed by atoms with Crippen molar-refractivity contribution >= 4 is 23.4 Å². The Kier molecular flexibility index (Phi) is 9.50. The molecule has 0 saturated heterocycles. The number of benzene rings is 3. The summed E-state index contributed by atoms with van der Waals surface area (Å²) >= 11 is 1.24. The van der Waals surface area contributed by atoms with Gasteiger partial charge in [0.15, 0.2) is 16.3 Å². The van der Waals surface area contributed by atoms with Crippen LogP contribution in [0.2, 0.25) is 0 Å². The highest BCUT2D eigenvalue weighted by Crippen LogP contribution is 2.32. The van der Waals surface area contributed by atoms with E-state index >= 15 is 0 Å². The second-order valence-corrected chi connectivity index (χ2v) is 11.5. The third-order valence-corrected chi connectivity index (χ3v) is 8.09. The molecule has 3 aromatic carbocycles. The molecule has 0 radical (unpaired) electrons. The van der Waals surface area contributed by atoms with Crippen molar-refractivity contribution in [2.45, 2.75) is 46.4 Å². The molecule has 1 aromatic heterocycles. The molecule has 4 aromatic rings. The molecular formula is C35H33N3O6S. The maximum absolute atomic E-state index is 14.0. The number of ether oxygens (including phenoxy) is 4. The third-order valence-electron chi connectivity index (χ3n) is 7.10. The van der Waals surface area contributed by atoms with E-state index in [1.807, 2.05) is 49.4 Å². The lowest BCUT2D eigenvalue weighted by Gasteiger charge is -2.25. The van der Waals surface area contributed by atoms with Gasteiger partial charge in [-0.15, -0.1) is 0 Å². The van der Waals surface area contributed by atoms with E-state index in [2.05, 4.69) is 11.1 Å². The SMILES string of the molecule is CCOc1cc(/C=c2/sc3n(c2=O)[C@H](c2ccc(OC)cc2)C(C(=O)OC(C)C)=C(C)N=3)ccc1OCc1ccccc1C#N. The number of carbonyl (C=O) groups excluding carboxylic acids is 1. The number of nitrogens with zero attached hydrogens (tertiary/aromatic N) is 3. The normalized spacial score (nSPS) is 14.4. The van der Waals surface area contributed by atoms with Crippen molar-refractivity contribution in [3.05, 3.63) is 120 Å². The standard InChI is InChI=1S/C35H33N3O6S/c1-6-42-29-17-23(11-16-28(29)43-20-26-10-8-7-9-25(26)19-36)18-30-33(39)38-32(24-12-14-27(41-5)15-13-24)31(34(40)44-21(2)3)22(4)37-35(38)45-30/h7-18,21,32H,6,20H2,1-5H3/b30-18+/t32-/m1/s1. The maximum Gasteiger partial charge on any atom is 0.338 e. The van der Waals surface area contributed by atoms with E-state index in [-0.39, 0.29) is 18.3 Å². The Morgan fingerprint density at radius 1 is 1.09 bits per heavy atom. The highest BCUT2D eigenvalue weighted by molar-refractivity contribution is 7.07. The molecule has 230 valence electrons. The zero-order valence-corrected chi connectivity index (χ0v) is 26.5. The van der Waals surface area contributed by atoms with Gasteiger partial charge in [0.1, 0.15) is 12.4 Å². The molecule has 1 atom stereocenters. The van der Waals surface area contributed by atoms with Crippen LogP contribution in [0.5, 0.6) is 17.2 Å². The molecule has 0 bridgehead atoms. The molecule has 0 unspecified atom stereocenters. The number of hydrogen-bond acceptors (Lipinski definition) is 9. The van der Waals surface area contributed by atoms with E-state index in [9.17, 15) is 14.9 Å². The first-order chi connectivity index (χ1) is 21.7. The number of aromatic nitrogens is 1. The number of esters is 1. The highest BCUT2D eigenvalue weighted by atomic mass is 32.1. The van der Waals surface area contributed by atoms with Gasteiger partial charge in [-0.2, -0.15) is 5.26 Å². The first-order valence-electron chi connectivity index (χ1n) is 14.5. The summed E-state index contributed by atoms with van der Waals surface area (Å²) in [5.74, 6) is 1.17. The number of hydrogen-bond donors (Lipinski definition) is 0. The predicted octanol–water partition coefficient (Wildman–Crippen LogP) is 5.04. The molecule has 0 saturated carbocycles. The molecule has 0 N–H and O–H groups in total. The summed E-state index contributed by atoms with van der Waals surface area (Å²) in [6.45, 7) is 7.81. The second kappa shape index (κ2) is 13.7. The van der Waals surface area contributed by atoms with Gasteiger partial charge in [-0.05, 0) is 75.2 Å². The molecule has 0 spiro atoms. The fourth-order valence-corrected chi connectivity index (χ4v) is 6.07. The van der Waals surface area contributed by atoms with Crippen LogP contribution in [0.25, 0.3) is 6.08 Å². The van der Waals surface area contributed by atoms with Crippen LogP contribution in [0.4, 0.5) is 0 Å². The summed E-state index contributed by atoms with van der Waals surface area (Å²) in [6.07, 6.45) is 1.43. The second-order valence-electron chi connectivity index (χ2n) is 10.5. The molecule has 9 nitrogen and oxygen atoms in total. The average molecular weight is 624 g/mol. The topological polar surface area (TPSA) is 112 Å². The van der Waals surface area contributed by atoms with Gasteiger partial charge in [-0.25, -0.2) is 9.79 Å². The van der Waals surface area contributed by atoms with Crippen LogP contribution in [0.1, 0.15) is 56.0 Å². The van der Waals surface area contributed by atoms with Crippen molar-refractivity contribution < 1.29 is 23.7 Å². The molecule has 2 heterocycles. The minimum atomic E-state index is -0.730. The van der Waals surface area contributed by atoms with Gasteiger partial charge in [-0.1, -0.05) is 47.7 Å². The number of rotatable bonds is 10. The Balaban J connectivity index is 1.55. The van der Waals surface area contributed by atoms with Gasteiger partial charge >= 0.3 is 5.97 Å². The van der Waals surface area contributed by atoms with Crippen LogP contribution in [0.3, 0.4) is 0 Å². The van der Waals surface area contributed by atoms with Crippen molar-refractivity contribution in [2.24, 2.45) is 4.99 Å². The van der Waals surface area contributed by atoms with Crippen molar-refractivity contribution in [1.29, 1.82) is 5.26 Å². The zero-order chi connectivity index (χ0) is 32.1. The molecule has 1 aliphatic rings. The summed E-state index contributed by atoms with van der Waals surface area (Å²) in [7, 11) is 1.58. The van der Waals surface area contributed by atoms with E-state index in [0.29, 0.717) is 50.0 Å². The van der Waals surface area contributed by atoms with Crippen molar-refractivity contribution in [3.8, 4) is 23.3 Å². The number of thiazole rings is 1. The first-order valence-corrected chi connectivity index (χ1v) is 15.3. The minimum absolute atomic E-state index is 0.202. The van der Waals surface area contributed by atoms with E-state index < -0.39 is 12.0 Å². The number of fused-ring (bicyclic) bond motifs is 1. The molecular weight excluding hydrogens is 590 g/mol. The van der Waals surface area contributed by atoms with Gasteiger partial charge in [-0.3, -0.25) is 9.36 Å². The summed E-state index contributed by atoms with van der Waals surface area (Å²) in [5.41, 5.74) is 3.29. The molecule has 10 heteroatoms.